The second-order valence-electron chi connectivity index (χ2n) is 3.08. The second kappa shape index (κ2) is 5.47. The summed E-state index contributed by atoms with van der Waals surface area (Å²) in [7, 11) is 1.67. The van der Waals surface area contributed by atoms with Gasteiger partial charge in [0.05, 0.1) is 13.4 Å². The molecule has 0 aliphatic rings. The zero-order valence-electron chi connectivity index (χ0n) is 14.4. The van der Waals surface area contributed by atoms with E-state index in [1.807, 2.05) is 0 Å². The average molecular weight is 193 g/mol. The maximum atomic E-state index is 8.26. The third-order valence-electron chi connectivity index (χ3n) is 1.96. The molecule has 1 heteroatoms. The molecule has 14 heavy (non-hydrogen) atoms. The first-order valence-corrected chi connectivity index (χ1v) is 4.34. The van der Waals surface area contributed by atoms with E-state index in [-0.39, 0.29) is 42.7 Å². The van der Waals surface area contributed by atoms with Crippen molar-refractivity contribution in [3.8, 4) is 12.3 Å². The van der Waals surface area contributed by atoms with E-state index in [2.05, 4.69) is 5.92 Å². The van der Waals surface area contributed by atoms with Gasteiger partial charge in [-0.15, -0.1) is 6.42 Å². The van der Waals surface area contributed by atoms with Crippen LogP contribution in [-0.4, -0.2) is 24.5 Å². The number of hydrogen-bond acceptors (Lipinski definition) is 1. The van der Waals surface area contributed by atoms with E-state index in [0.29, 0.717) is 0 Å². The highest BCUT2D eigenvalue weighted by Gasteiger charge is 2.07. The van der Waals surface area contributed by atoms with Crippen molar-refractivity contribution >= 4 is 0 Å². The third kappa shape index (κ3) is 3.24. The van der Waals surface area contributed by atoms with Crippen molar-refractivity contribution in [1.82, 2.24) is 4.90 Å². The molecule has 0 fully saturated rings. The first-order chi connectivity index (χ1) is 9.13. The molecule has 1 nitrogen and oxygen atoms in total. The van der Waals surface area contributed by atoms with Crippen LogP contribution < -0.4 is 0 Å². The maximum Gasteiger partial charge on any atom is 0.0626 e. The van der Waals surface area contributed by atoms with Gasteiger partial charge in [-0.1, -0.05) is 36.1 Å². The molecule has 0 amide bonds. The predicted octanol–water partition coefficient (Wildman–Crippen LogP) is 2.18. The van der Waals surface area contributed by atoms with Crippen molar-refractivity contribution in [1.29, 1.82) is 0 Å². The van der Waals surface area contributed by atoms with Crippen LogP contribution >= 0.6 is 0 Å². The van der Waals surface area contributed by atoms with Gasteiger partial charge in [-0.2, -0.15) is 0 Å². The predicted molar refractivity (Wildman–Crippen MR) is 61.1 cm³/mol. The molecule has 0 aliphatic heterocycles. The lowest BCUT2D eigenvalue weighted by molar-refractivity contribution is 0.287. The van der Waals surface area contributed by atoms with Gasteiger partial charge in [-0.05, 0) is 26.0 Å². The van der Waals surface area contributed by atoms with Crippen LogP contribution in [-0.2, 0) is 6.42 Å². The van der Waals surface area contributed by atoms with Crippen molar-refractivity contribution < 1.29 is 8.22 Å². The molecule has 0 spiro atoms. The van der Waals surface area contributed by atoms with E-state index >= 15 is 0 Å². The molecule has 0 saturated heterocycles. The summed E-state index contributed by atoms with van der Waals surface area (Å²) in [5, 5.41) is 0. The molecule has 0 saturated carbocycles. The highest BCUT2D eigenvalue weighted by Crippen LogP contribution is 2.06. The molecule has 0 heterocycles. The average Bonchev–Trinajstić information content (AvgIpc) is 2.39. The Balaban J connectivity index is 3.26. The summed E-state index contributed by atoms with van der Waals surface area (Å²) in [6, 6.07) is -2.85. The number of rotatable bonds is 4. The lowest BCUT2D eigenvalue weighted by atomic mass is 10.1. The molecule has 1 atom stereocenters. The molecule has 0 N–H and O–H groups in total. The van der Waals surface area contributed by atoms with Crippen LogP contribution in [0, 0.1) is 12.3 Å². The number of hydrogen-bond donors (Lipinski definition) is 0. The second-order valence-corrected chi connectivity index (χ2v) is 3.08. The van der Waals surface area contributed by atoms with Gasteiger partial charge in [-0.3, -0.25) is 4.90 Å². The number of terminal acetylenes is 1. The molecule has 0 unspecified atom stereocenters. The zero-order valence-corrected chi connectivity index (χ0v) is 8.44. The number of likely N-dealkylation sites (N-methyl/N-ethyl adjacent to an activating group) is 1. The van der Waals surface area contributed by atoms with Crippen LogP contribution in [0.25, 0.3) is 0 Å². The maximum absolute atomic E-state index is 8.26. The van der Waals surface area contributed by atoms with E-state index < -0.39 is 12.1 Å². The van der Waals surface area contributed by atoms with Gasteiger partial charge < -0.3 is 0 Å². The Morgan fingerprint density at radius 1 is 1.57 bits per heavy atom. The normalized spacial score (nSPS) is 20.7. The van der Waals surface area contributed by atoms with E-state index in [4.69, 9.17) is 14.6 Å². The summed E-state index contributed by atoms with van der Waals surface area (Å²) >= 11 is 0. The van der Waals surface area contributed by atoms with Gasteiger partial charge in [0.15, 0.2) is 0 Å². The van der Waals surface area contributed by atoms with E-state index in [0.717, 1.165) is 0 Å². The van der Waals surface area contributed by atoms with Crippen LogP contribution in [0.5, 0.6) is 0 Å². The highest BCUT2D eigenvalue weighted by atomic mass is 15.1. The minimum absolute atomic E-state index is 0.000880. The molecule has 0 aliphatic carbocycles. The molecule has 0 bridgehead atoms. The summed E-state index contributed by atoms with van der Waals surface area (Å²) in [5.41, 5.74) is 0.136. The Morgan fingerprint density at radius 3 is 2.79 bits per heavy atom. The van der Waals surface area contributed by atoms with Crippen molar-refractivity contribution in [2.45, 2.75) is 19.4 Å². The highest BCUT2D eigenvalue weighted by molar-refractivity contribution is 5.15. The van der Waals surface area contributed by atoms with Crippen molar-refractivity contribution in [3.63, 3.8) is 0 Å². The Labute approximate surface area is 95.2 Å². The van der Waals surface area contributed by atoms with Gasteiger partial charge in [0.25, 0.3) is 0 Å². The first-order valence-electron chi connectivity index (χ1n) is 7.34. The molecule has 1 aromatic rings. The summed E-state index contributed by atoms with van der Waals surface area (Å²) < 4.78 is 46.7. The third-order valence-corrected chi connectivity index (χ3v) is 1.96. The zero-order chi connectivity index (χ0) is 15.7. The molecular formula is C13H17N. The first kappa shape index (κ1) is 5.00. The fourth-order valence-corrected chi connectivity index (χ4v) is 1.03. The molecule has 1 rings (SSSR count). The minimum atomic E-state index is -1.15. The van der Waals surface area contributed by atoms with Crippen LogP contribution in [0.15, 0.2) is 30.2 Å². The Morgan fingerprint density at radius 2 is 2.21 bits per heavy atom. The quantitative estimate of drug-likeness (QED) is 0.663. The van der Waals surface area contributed by atoms with Crippen molar-refractivity contribution in [3.05, 3.63) is 35.8 Å². The number of benzene rings is 1. The standard InChI is InChI=1S/C13H17N/c1-4-10-14(3)12(2)11-13-8-6-5-7-9-13/h1,5-9,12H,10-11H2,2-3H3/t12-/m0/s1/i5D,6D,7D,8D,9D,12D. The van der Waals surface area contributed by atoms with Gasteiger partial charge in [0, 0.05) is 7.39 Å². The fourth-order valence-electron chi connectivity index (χ4n) is 1.03. The van der Waals surface area contributed by atoms with Crippen molar-refractivity contribution in [2.75, 3.05) is 13.6 Å². The summed E-state index contributed by atoms with van der Waals surface area (Å²) in [4.78, 5) is 1.59. The molecule has 0 radical (unpaired) electrons. The Hall–Kier alpha value is -1.26. The van der Waals surface area contributed by atoms with Crippen LogP contribution in [0.3, 0.4) is 0 Å². The minimum Gasteiger partial charge on any atom is -0.292 e. The lowest BCUT2D eigenvalue weighted by Gasteiger charge is -2.22. The lowest BCUT2D eigenvalue weighted by Crippen LogP contribution is -2.31. The summed E-state index contributed by atoms with van der Waals surface area (Å²) in [6.45, 7) is 1.85. The Bertz CT molecular complexity index is 532. The topological polar surface area (TPSA) is 3.24 Å². The molecule has 0 aromatic heterocycles. The fraction of sp³-hybridized carbons (Fsp3) is 0.385. The molecule has 1 aromatic carbocycles. The van der Waals surface area contributed by atoms with E-state index in [1.165, 1.54) is 0 Å². The monoisotopic (exact) mass is 193 g/mol. The van der Waals surface area contributed by atoms with Crippen LogP contribution in [0.1, 0.15) is 20.7 Å². The van der Waals surface area contributed by atoms with Crippen LogP contribution in [0.4, 0.5) is 0 Å². The Kier molecular flexibility index (Phi) is 1.95. The smallest absolute Gasteiger partial charge is 0.0626 e. The van der Waals surface area contributed by atoms with E-state index in [9.17, 15) is 0 Å². The van der Waals surface area contributed by atoms with Gasteiger partial charge in [-0.25, -0.2) is 0 Å². The van der Waals surface area contributed by atoms with Gasteiger partial charge in [0.1, 0.15) is 0 Å². The van der Waals surface area contributed by atoms with Gasteiger partial charge >= 0.3 is 0 Å². The molecule has 74 valence electrons. The van der Waals surface area contributed by atoms with Gasteiger partial charge in [0.2, 0.25) is 0 Å². The SMILES string of the molecule is [2H]c1c([2H])c([2H])c(C[C@]([2H])(C)N(C)CC#C)c([2H])c1[2H]. The number of nitrogens with zero attached hydrogens (tertiary/aromatic N) is 1. The van der Waals surface area contributed by atoms with Crippen LogP contribution in [0.2, 0.25) is 0 Å². The summed E-state index contributed by atoms with van der Waals surface area (Å²) in [6.07, 6.45) is 5.21. The molecular weight excluding hydrogens is 170 g/mol. The van der Waals surface area contributed by atoms with E-state index in [1.54, 1.807) is 18.9 Å². The summed E-state index contributed by atoms with van der Waals surface area (Å²) in [5.74, 6) is 2.43. The largest absolute Gasteiger partial charge is 0.292 e. The van der Waals surface area contributed by atoms with Crippen molar-refractivity contribution in [2.24, 2.45) is 0 Å².